The Morgan fingerprint density at radius 1 is 1.43 bits per heavy atom. The third kappa shape index (κ3) is 4.33. The Morgan fingerprint density at radius 2 is 2.24 bits per heavy atom. The van der Waals surface area contributed by atoms with E-state index in [9.17, 15) is 4.79 Å². The number of ether oxygens (including phenoxy) is 1. The molecule has 0 saturated carbocycles. The number of carbonyl (C=O) groups excluding carboxylic acids is 1. The van der Waals surface area contributed by atoms with Crippen LogP contribution in [0.1, 0.15) is 23.0 Å². The van der Waals surface area contributed by atoms with E-state index in [1.807, 2.05) is 6.07 Å². The number of halogens is 2. The molecular formula is C14H14Cl2N2O2S. The summed E-state index contributed by atoms with van der Waals surface area (Å²) in [5, 5.41) is 5.15. The number of hydrogen-bond donors (Lipinski definition) is 1. The van der Waals surface area contributed by atoms with Crippen LogP contribution < -0.4 is 5.32 Å². The molecule has 0 aliphatic heterocycles. The average Bonchev–Trinajstić information content (AvgIpc) is 2.90. The highest BCUT2D eigenvalue weighted by molar-refractivity contribution is 7.14. The van der Waals surface area contributed by atoms with Crippen LogP contribution in [0.2, 0.25) is 10.0 Å². The zero-order valence-electron chi connectivity index (χ0n) is 11.4. The minimum Gasteiger partial charge on any atom is -0.461 e. The first-order valence-corrected chi connectivity index (χ1v) is 8.03. The molecule has 0 atom stereocenters. The van der Waals surface area contributed by atoms with Gasteiger partial charge in [-0.1, -0.05) is 29.3 Å². The lowest BCUT2D eigenvalue weighted by molar-refractivity contribution is 0.0521. The zero-order valence-corrected chi connectivity index (χ0v) is 13.7. The fourth-order valence-corrected chi connectivity index (χ4v) is 2.95. The lowest BCUT2D eigenvalue weighted by Gasteiger charge is -2.07. The Kier molecular flexibility index (Phi) is 5.85. The van der Waals surface area contributed by atoms with Gasteiger partial charge in [-0.25, -0.2) is 9.78 Å². The first kappa shape index (κ1) is 16.1. The van der Waals surface area contributed by atoms with Gasteiger partial charge < -0.3 is 10.1 Å². The van der Waals surface area contributed by atoms with Crippen molar-refractivity contribution in [2.75, 3.05) is 18.5 Å². The zero-order chi connectivity index (χ0) is 15.2. The van der Waals surface area contributed by atoms with E-state index < -0.39 is 5.97 Å². The fraction of sp³-hybridized carbons (Fsp3) is 0.286. The molecule has 1 heterocycles. The second-order valence-corrected chi connectivity index (χ2v) is 5.86. The number of aromatic nitrogens is 1. The molecule has 0 amide bonds. The molecule has 0 fully saturated rings. The molecule has 1 N–H and O–H groups in total. The molecule has 112 valence electrons. The number of anilines is 1. The van der Waals surface area contributed by atoms with Gasteiger partial charge in [0.15, 0.2) is 5.69 Å². The van der Waals surface area contributed by atoms with E-state index in [0.29, 0.717) is 33.9 Å². The maximum Gasteiger partial charge on any atom is 0.360 e. The van der Waals surface area contributed by atoms with E-state index in [2.05, 4.69) is 10.3 Å². The second kappa shape index (κ2) is 7.64. The van der Waals surface area contributed by atoms with Crippen LogP contribution in [0.15, 0.2) is 23.7 Å². The molecule has 2 rings (SSSR count). The number of rotatable bonds is 6. The summed E-state index contributed by atoms with van der Waals surface area (Å²) >= 11 is 13.3. The molecule has 0 spiro atoms. The van der Waals surface area contributed by atoms with Crippen molar-refractivity contribution in [2.24, 2.45) is 0 Å². The highest BCUT2D eigenvalue weighted by Crippen LogP contribution is 2.23. The Morgan fingerprint density at radius 3 is 2.95 bits per heavy atom. The van der Waals surface area contributed by atoms with Gasteiger partial charge in [0, 0.05) is 16.6 Å². The van der Waals surface area contributed by atoms with Gasteiger partial charge in [0.05, 0.1) is 12.1 Å². The number of carbonyl (C=O) groups is 1. The van der Waals surface area contributed by atoms with Crippen molar-refractivity contribution in [3.8, 4) is 0 Å². The van der Waals surface area contributed by atoms with Crippen LogP contribution >= 0.6 is 34.5 Å². The number of nitrogens with one attached hydrogen (secondary N) is 1. The first-order valence-electron chi connectivity index (χ1n) is 6.40. The summed E-state index contributed by atoms with van der Waals surface area (Å²) in [6.07, 6.45) is 0.718. The standard InChI is InChI=1S/C14H14Cl2N2O2S/c1-2-20-14(19)12-13(21-8-18-12)17-6-5-9-3-4-10(15)7-11(9)16/h3-4,7-8,17H,2,5-6H2,1H3. The summed E-state index contributed by atoms with van der Waals surface area (Å²) in [5.41, 5.74) is 2.93. The monoisotopic (exact) mass is 344 g/mol. The molecule has 4 nitrogen and oxygen atoms in total. The number of nitrogens with zero attached hydrogens (tertiary/aromatic N) is 1. The van der Waals surface area contributed by atoms with Crippen molar-refractivity contribution in [1.82, 2.24) is 4.98 Å². The molecule has 1 aromatic carbocycles. The van der Waals surface area contributed by atoms with Crippen LogP contribution in [0.3, 0.4) is 0 Å². The van der Waals surface area contributed by atoms with Crippen LogP contribution in [0, 0.1) is 0 Å². The molecule has 0 unspecified atom stereocenters. The topological polar surface area (TPSA) is 51.2 Å². The van der Waals surface area contributed by atoms with Crippen LogP contribution in [-0.4, -0.2) is 24.1 Å². The van der Waals surface area contributed by atoms with Crippen LogP contribution in [0.4, 0.5) is 5.00 Å². The first-order chi connectivity index (χ1) is 10.1. The van der Waals surface area contributed by atoms with Gasteiger partial charge in [0.1, 0.15) is 5.00 Å². The Hall–Kier alpha value is -1.30. The SMILES string of the molecule is CCOC(=O)c1ncsc1NCCc1ccc(Cl)cc1Cl. The van der Waals surface area contributed by atoms with Crippen LogP contribution in [0.5, 0.6) is 0 Å². The fourth-order valence-electron chi connectivity index (χ4n) is 1.75. The molecule has 0 bridgehead atoms. The van der Waals surface area contributed by atoms with Gasteiger partial charge in [-0.2, -0.15) is 0 Å². The largest absolute Gasteiger partial charge is 0.461 e. The van der Waals surface area contributed by atoms with Gasteiger partial charge in [-0.15, -0.1) is 11.3 Å². The molecule has 21 heavy (non-hydrogen) atoms. The van der Waals surface area contributed by atoms with Crippen molar-refractivity contribution < 1.29 is 9.53 Å². The van der Waals surface area contributed by atoms with Crippen molar-refractivity contribution in [3.05, 3.63) is 45.0 Å². The van der Waals surface area contributed by atoms with Gasteiger partial charge in [-0.3, -0.25) is 0 Å². The molecule has 2 aromatic rings. The molecule has 7 heteroatoms. The van der Waals surface area contributed by atoms with Gasteiger partial charge in [0.2, 0.25) is 0 Å². The second-order valence-electron chi connectivity index (χ2n) is 4.16. The van der Waals surface area contributed by atoms with E-state index in [4.69, 9.17) is 27.9 Å². The number of esters is 1. The third-order valence-corrected chi connectivity index (χ3v) is 4.10. The van der Waals surface area contributed by atoms with E-state index >= 15 is 0 Å². The number of hydrogen-bond acceptors (Lipinski definition) is 5. The summed E-state index contributed by atoms with van der Waals surface area (Å²) in [4.78, 5) is 15.7. The summed E-state index contributed by atoms with van der Waals surface area (Å²) in [6.45, 7) is 2.73. The third-order valence-electron chi connectivity index (χ3n) is 2.73. The van der Waals surface area contributed by atoms with Crippen molar-refractivity contribution in [2.45, 2.75) is 13.3 Å². The maximum absolute atomic E-state index is 11.7. The van der Waals surface area contributed by atoms with E-state index in [1.54, 1.807) is 24.6 Å². The minimum atomic E-state index is -0.411. The number of benzene rings is 1. The summed E-state index contributed by atoms with van der Waals surface area (Å²) in [7, 11) is 0. The smallest absolute Gasteiger partial charge is 0.360 e. The molecular weight excluding hydrogens is 331 g/mol. The van der Waals surface area contributed by atoms with Crippen LogP contribution in [0.25, 0.3) is 0 Å². The van der Waals surface area contributed by atoms with Gasteiger partial charge in [0.25, 0.3) is 0 Å². The molecule has 0 saturated heterocycles. The quantitative estimate of drug-likeness (QED) is 0.794. The maximum atomic E-state index is 11.7. The highest BCUT2D eigenvalue weighted by atomic mass is 35.5. The predicted molar refractivity (Wildman–Crippen MR) is 86.7 cm³/mol. The predicted octanol–water partition coefficient (Wildman–Crippen LogP) is 4.28. The Balaban J connectivity index is 1.95. The molecule has 0 aliphatic carbocycles. The lowest BCUT2D eigenvalue weighted by Crippen LogP contribution is -2.11. The average molecular weight is 345 g/mol. The van der Waals surface area contributed by atoms with Crippen LogP contribution in [-0.2, 0) is 11.2 Å². The van der Waals surface area contributed by atoms with Gasteiger partial charge >= 0.3 is 5.97 Å². The van der Waals surface area contributed by atoms with E-state index in [0.717, 1.165) is 12.0 Å². The normalized spacial score (nSPS) is 10.4. The Labute approximate surface area is 137 Å². The van der Waals surface area contributed by atoms with Crippen molar-refractivity contribution >= 4 is 45.5 Å². The summed E-state index contributed by atoms with van der Waals surface area (Å²) in [5.74, 6) is -0.411. The molecule has 0 radical (unpaired) electrons. The molecule has 1 aromatic heterocycles. The van der Waals surface area contributed by atoms with E-state index in [-0.39, 0.29) is 0 Å². The number of thiazole rings is 1. The van der Waals surface area contributed by atoms with E-state index in [1.165, 1.54) is 11.3 Å². The lowest BCUT2D eigenvalue weighted by atomic mass is 10.1. The summed E-state index contributed by atoms with van der Waals surface area (Å²) < 4.78 is 4.95. The minimum absolute atomic E-state index is 0.323. The van der Waals surface area contributed by atoms with Crippen molar-refractivity contribution in [3.63, 3.8) is 0 Å². The Bertz CT molecular complexity index is 631. The highest BCUT2D eigenvalue weighted by Gasteiger charge is 2.15. The van der Waals surface area contributed by atoms with Crippen molar-refractivity contribution in [1.29, 1.82) is 0 Å². The molecule has 0 aliphatic rings. The van der Waals surface area contributed by atoms with Gasteiger partial charge in [-0.05, 0) is 31.0 Å². The summed E-state index contributed by atoms with van der Waals surface area (Å²) in [6, 6.07) is 5.42.